The Morgan fingerprint density at radius 1 is 1.06 bits per heavy atom. The third kappa shape index (κ3) is 5.01. The molecule has 1 N–H and O–H groups in total. The first-order valence-electron chi connectivity index (χ1n) is 10.8. The number of benzene rings is 2. The first kappa shape index (κ1) is 22.0. The standard InChI is InChI=1S/C26H24N4O3/c1-33-23-6-2-4-20(16-23)25(31)29-22-11-14-30(15-12-22)26(32)19-9-7-18(8-10-19)24-21(17-27)5-3-13-28-24/h2-10,13,16,22H,11-12,14-15H2,1H3,(H,29,31). The number of nitriles is 1. The van der Waals surface area contributed by atoms with Gasteiger partial charge in [0.1, 0.15) is 11.8 Å². The molecular formula is C26H24N4O3. The average molecular weight is 441 g/mol. The van der Waals surface area contributed by atoms with Crippen molar-refractivity contribution >= 4 is 11.8 Å². The number of methoxy groups -OCH3 is 1. The molecule has 1 aromatic heterocycles. The third-order valence-electron chi connectivity index (χ3n) is 5.78. The largest absolute Gasteiger partial charge is 0.497 e. The van der Waals surface area contributed by atoms with Crippen LogP contribution in [0.15, 0.2) is 66.9 Å². The molecule has 0 unspecified atom stereocenters. The molecule has 0 bridgehead atoms. The zero-order valence-corrected chi connectivity index (χ0v) is 18.3. The molecule has 0 saturated carbocycles. The summed E-state index contributed by atoms with van der Waals surface area (Å²) in [6.07, 6.45) is 3.03. The van der Waals surface area contributed by atoms with E-state index in [1.54, 1.807) is 61.8 Å². The highest BCUT2D eigenvalue weighted by atomic mass is 16.5. The number of carbonyl (C=O) groups excluding carboxylic acids is 2. The quantitative estimate of drug-likeness (QED) is 0.653. The maximum absolute atomic E-state index is 12.9. The van der Waals surface area contributed by atoms with Crippen molar-refractivity contribution < 1.29 is 14.3 Å². The summed E-state index contributed by atoms with van der Waals surface area (Å²) in [4.78, 5) is 31.6. The van der Waals surface area contributed by atoms with Crippen molar-refractivity contribution in [3.05, 3.63) is 83.6 Å². The van der Waals surface area contributed by atoms with Crippen molar-refractivity contribution in [1.29, 1.82) is 5.26 Å². The molecule has 33 heavy (non-hydrogen) atoms. The van der Waals surface area contributed by atoms with E-state index >= 15 is 0 Å². The van der Waals surface area contributed by atoms with Crippen LogP contribution in [0.5, 0.6) is 5.75 Å². The van der Waals surface area contributed by atoms with Gasteiger partial charge in [0.05, 0.1) is 18.4 Å². The van der Waals surface area contributed by atoms with Crippen molar-refractivity contribution in [3.63, 3.8) is 0 Å². The lowest BCUT2D eigenvalue weighted by molar-refractivity contribution is 0.0698. The molecule has 0 radical (unpaired) electrons. The van der Waals surface area contributed by atoms with E-state index in [4.69, 9.17) is 4.74 Å². The van der Waals surface area contributed by atoms with Gasteiger partial charge in [-0.1, -0.05) is 18.2 Å². The number of rotatable bonds is 5. The second kappa shape index (κ2) is 9.96. The average Bonchev–Trinajstić information content (AvgIpc) is 2.88. The smallest absolute Gasteiger partial charge is 0.253 e. The van der Waals surface area contributed by atoms with Crippen LogP contribution in [-0.2, 0) is 0 Å². The van der Waals surface area contributed by atoms with E-state index in [1.807, 2.05) is 17.0 Å². The molecule has 2 amide bonds. The number of likely N-dealkylation sites (tertiary alicyclic amines) is 1. The van der Waals surface area contributed by atoms with E-state index in [1.165, 1.54) is 0 Å². The van der Waals surface area contributed by atoms with E-state index < -0.39 is 0 Å². The van der Waals surface area contributed by atoms with Crippen LogP contribution < -0.4 is 10.1 Å². The van der Waals surface area contributed by atoms with Gasteiger partial charge in [-0.25, -0.2) is 0 Å². The highest BCUT2D eigenvalue weighted by Gasteiger charge is 2.25. The van der Waals surface area contributed by atoms with E-state index in [-0.39, 0.29) is 17.9 Å². The molecule has 1 fully saturated rings. The molecule has 1 aliphatic heterocycles. The monoisotopic (exact) mass is 440 g/mol. The Hall–Kier alpha value is -4.18. The second-order valence-electron chi connectivity index (χ2n) is 7.86. The lowest BCUT2D eigenvalue weighted by atomic mass is 10.0. The topological polar surface area (TPSA) is 95.3 Å². The molecule has 0 spiro atoms. The first-order valence-corrected chi connectivity index (χ1v) is 10.8. The minimum Gasteiger partial charge on any atom is -0.497 e. The fourth-order valence-electron chi connectivity index (χ4n) is 3.94. The van der Waals surface area contributed by atoms with Gasteiger partial charge in [-0.3, -0.25) is 14.6 Å². The zero-order chi connectivity index (χ0) is 23.2. The van der Waals surface area contributed by atoms with E-state index in [2.05, 4.69) is 16.4 Å². The van der Waals surface area contributed by atoms with Crippen LogP contribution >= 0.6 is 0 Å². The van der Waals surface area contributed by atoms with Crippen LogP contribution in [0.2, 0.25) is 0 Å². The van der Waals surface area contributed by atoms with Gasteiger partial charge in [0, 0.05) is 42.0 Å². The van der Waals surface area contributed by atoms with Crippen molar-refractivity contribution in [3.8, 4) is 23.1 Å². The Labute approximate surface area is 192 Å². The maximum Gasteiger partial charge on any atom is 0.253 e. The van der Waals surface area contributed by atoms with Crippen LogP contribution in [0.3, 0.4) is 0 Å². The summed E-state index contributed by atoms with van der Waals surface area (Å²) in [5.41, 5.74) is 3.04. The van der Waals surface area contributed by atoms with Gasteiger partial charge in [-0.05, 0) is 55.3 Å². The molecule has 1 aliphatic rings. The Morgan fingerprint density at radius 3 is 2.52 bits per heavy atom. The summed E-state index contributed by atoms with van der Waals surface area (Å²) >= 11 is 0. The molecule has 0 atom stereocenters. The molecule has 4 rings (SSSR count). The van der Waals surface area contributed by atoms with Gasteiger partial charge >= 0.3 is 0 Å². The van der Waals surface area contributed by atoms with E-state index in [0.29, 0.717) is 54.1 Å². The SMILES string of the molecule is COc1cccc(C(=O)NC2CCN(C(=O)c3ccc(-c4ncccc4C#N)cc3)CC2)c1. The van der Waals surface area contributed by atoms with E-state index in [0.717, 1.165) is 5.56 Å². The molecular weight excluding hydrogens is 416 g/mol. The molecule has 2 heterocycles. The number of aromatic nitrogens is 1. The van der Waals surface area contributed by atoms with Crippen molar-refractivity contribution in [2.45, 2.75) is 18.9 Å². The number of nitrogens with zero attached hydrogens (tertiary/aromatic N) is 3. The van der Waals surface area contributed by atoms with Crippen LogP contribution in [0.1, 0.15) is 39.1 Å². The second-order valence-corrected chi connectivity index (χ2v) is 7.86. The Kier molecular flexibility index (Phi) is 6.65. The highest BCUT2D eigenvalue weighted by molar-refractivity contribution is 5.95. The lowest BCUT2D eigenvalue weighted by Gasteiger charge is -2.32. The number of hydrogen-bond acceptors (Lipinski definition) is 5. The fraction of sp³-hybridized carbons (Fsp3) is 0.231. The van der Waals surface area contributed by atoms with Gasteiger partial charge in [0.25, 0.3) is 11.8 Å². The van der Waals surface area contributed by atoms with Crippen molar-refractivity contribution in [1.82, 2.24) is 15.2 Å². The number of pyridine rings is 1. The van der Waals surface area contributed by atoms with Gasteiger partial charge in [-0.15, -0.1) is 0 Å². The molecule has 2 aromatic carbocycles. The van der Waals surface area contributed by atoms with Gasteiger partial charge < -0.3 is 15.0 Å². The first-order chi connectivity index (χ1) is 16.1. The maximum atomic E-state index is 12.9. The number of carbonyl (C=O) groups is 2. The van der Waals surface area contributed by atoms with E-state index in [9.17, 15) is 14.9 Å². The number of nitrogens with one attached hydrogen (secondary N) is 1. The Morgan fingerprint density at radius 2 is 1.82 bits per heavy atom. The lowest BCUT2D eigenvalue weighted by Crippen LogP contribution is -2.46. The number of ether oxygens (including phenoxy) is 1. The van der Waals surface area contributed by atoms with Crippen molar-refractivity contribution in [2.75, 3.05) is 20.2 Å². The fourth-order valence-corrected chi connectivity index (χ4v) is 3.94. The Bertz CT molecular complexity index is 1190. The highest BCUT2D eigenvalue weighted by Crippen LogP contribution is 2.22. The van der Waals surface area contributed by atoms with Crippen LogP contribution in [0, 0.1) is 11.3 Å². The molecule has 166 valence electrons. The number of hydrogen-bond donors (Lipinski definition) is 1. The minimum atomic E-state index is -0.138. The zero-order valence-electron chi connectivity index (χ0n) is 18.3. The summed E-state index contributed by atoms with van der Waals surface area (Å²) in [5.74, 6) is 0.460. The molecule has 7 nitrogen and oxygen atoms in total. The van der Waals surface area contributed by atoms with Crippen LogP contribution in [0.4, 0.5) is 0 Å². The van der Waals surface area contributed by atoms with Crippen LogP contribution in [0.25, 0.3) is 11.3 Å². The van der Waals surface area contributed by atoms with Gasteiger partial charge in [-0.2, -0.15) is 5.26 Å². The third-order valence-corrected chi connectivity index (χ3v) is 5.78. The predicted octanol–water partition coefficient (Wildman–Crippen LogP) is 3.66. The number of amides is 2. The van der Waals surface area contributed by atoms with Gasteiger partial charge in [0.15, 0.2) is 0 Å². The molecule has 1 saturated heterocycles. The molecule has 3 aromatic rings. The summed E-state index contributed by atoms with van der Waals surface area (Å²) in [5, 5.41) is 12.3. The van der Waals surface area contributed by atoms with Crippen molar-refractivity contribution in [2.24, 2.45) is 0 Å². The summed E-state index contributed by atoms with van der Waals surface area (Å²) < 4.78 is 5.18. The summed E-state index contributed by atoms with van der Waals surface area (Å²) in [6.45, 7) is 1.14. The Balaban J connectivity index is 1.34. The predicted molar refractivity (Wildman–Crippen MR) is 124 cm³/mol. The van der Waals surface area contributed by atoms with Crippen LogP contribution in [-0.4, -0.2) is 47.9 Å². The number of piperidine rings is 1. The van der Waals surface area contributed by atoms with Gasteiger partial charge in [0.2, 0.25) is 0 Å². The molecule has 7 heteroatoms. The normalized spacial score (nSPS) is 13.8. The summed E-state index contributed by atoms with van der Waals surface area (Å²) in [6, 6.07) is 19.8. The summed E-state index contributed by atoms with van der Waals surface area (Å²) in [7, 11) is 1.57. The minimum absolute atomic E-state index is 0.0173. The molecule has 0 aliphatic carbocycles.